The molecule has 0 spiro atoms. The number of amides is 2. The number of thioether (sulfide) groups is 1. The van der Waals surface area contributed by atoms with Gasteiger partial charge in [-0.25, -0.2) is 4.79 Å². The van der Waals surface area contributed by atoms with Crippen LogP contribution in [0.4, 0.5) is 4.79 Å². The number of hydrogen-bond donors (Lipinski definition) is 2. The number of carboxylic acid groups (broad SMARTS) is 1. The third-order valence-corrected chi connectivity index (χ3v) is 3.67. The molecule has 0 fully saturated rings. The van der Waals surface area contributed by atoms with Gasteiger partial charge in [0.05, 0.1) is 0 Å². The van der Waals surface area contributed by atoms with Gasteiger partial charge in [0.1, 0.15) is 6.04 Å². The predicted octanol–water partition coefficient (Wildman–Crippen LogP) is 2.08. The van der Waals surface area contributed by atoms with E-state index in [1.807, 2.05) is 36.6 Å². The van der Waals surface area contributed by atoms with Gasteiger partial charge in [-0.15, -0.1) is 0 Å². The van der Waals surface area contributed by atoms with Crippen LogP contribution < -0.4 is 5.32 Å². The molecule has 6 heteroatoms. The zero-order chi connectivity index (χ0) is 15.7. The van der Waals surface area contributed by atoms with E-state index in [1.165, 1.54) is 6.92 Å². The summed E-state index contributed by atoms with van der Waals surface area (Å²) in [4.78, 5) is 24.6. The van der Waals surface area contributed by atoms with Gasteiger partial charge in [0.25, 0.3) is 0 Å². The molecule has 0 saturated heterocycles. The van der Waals surface area contributed by atoms with Crippen molar-refractivity contribution in [3.05, 3.63) is 35.9 Å². The largest absolute Gasteiger partial charge is 0.480 e. The maximum absolute atomic E-state index is 12.1. The second kappa shape index (κ2) is 9.28. The molecule has 1 atom stereocenters. The lowest BCUT2D eigenvalue weighted by molar-refractivity contribution is -0.138. The summed E-state index contributed by atoms with van der Waals surface area (Å²) in [7, 11) is 0. The summed E-state index contributed by atoms with van der Waals surface area (Å²) in [6.07, 6.45) is 2.73. The summed E-state index contributed by atoms with van der Waals surface area (Å²) in [5, 5.41) is 11.4. The molecular weight excluding hydrogens is 288 g/mol. The average Bonchev–Trinajstić information content (AvgIpc) is 2.48. The van der Waals surface area contributed by atoms with E-state index in [0.29, 0.717) is 13.1 Å². The van der Waals surface area contributed by atoms with E-state index in [4.69, 9.17) is 5.11 Å². The number of aliphatic carboxylic acids is 1. The fraction of sp³-hybridized carbons (Fsp3) is 0.467. The lowest BCUT2D eigenvalue weighted by Gasteiger charge is -2.24. The van der Waals surface area contributed by atoms with Gasteiger partial charge in [-0.3, -0.25) is 4.79 Å². The van der Waals surface area contributed by atoms with Gasteiger partial charge in [-0.1, -0.05) is 30.3 Å². The normalized spacial score (nSPS) is 11.7. The molecule has 1 aromatic carbocycles. The Morgan fingerprint density at radius 2 is 1.95 bits per heavy atom. The summed E-state index contributed by atoms with van der Waals surface area (Å²) in [6.45, 7) is 2.64. The molecule has 0 radical (unpaired) electrons. The SMILES string of the molecule is CSCCN(CCc1ccccc1)C(=O)N[C@@H](C)C(=O)O. The molecule has 1 rings (SSSR count). The first-order valence-electron chi connectivity index (χ1n) is 6.85. The zero-order valence-corrected chi connectivity index (χ0v) is 13.2. The number of hydrogen-bond acceptors (Lipinski definition) is 3. The van der Waals surface area contributed by atoms with Crippen molar-refractivity contribution >= 4 is 23.8 Å². The second-order valence-corrected chi connectivity index (χ2v) is 5.71. The topological polar surface area (TPSA) is 69.6 Å². The third-order valence-electron chi connectivity index (χ3n) is 3.08. The van der Waals surface area contributed by atoms with E-state index < -0.39 is 12.0 Å². The second-order valence-electron chi connectivity index (χ2n) is 4.72. The molecule has 0 heterocycles. The maximum atomic E-state index is 12.1. The third kappa shape index (κ3) is 6.53. The number of rotatable bonds is 8. The lowest BCUT2D eigenvalue weighted by Crippen LogP contribution is -2.48. The van der Waals surface area contributed by atoms with Crippen molar-refractivity contribution in [1.82, 2.24) is 10.2 Å². The Balaban J connectivity index is 2.57. The molecule has 0 aliphatic heterocycles. The van der Waals surface area contributed by atoms with Crippen LogP contribution in [0.2, 0.25) is 0 Å². The summed E-state index contributed by atoms with van der Waals surface area (Å²) in [5.74, 6) is -0.208. The van der Waals surface area contributed by atoms with Gasteiger partial charge in [-0.2, -0.15) is 11.8 Å². The zero-order valence-electron chi connectivity index (χ0n) is 12.4. The number of benzene rings is 1. The molecule has 0 aliphatic rings. The molecule has 2 N–H and O–H groups in total. The molecule has 1 aromatic rings. The first-order valence-corrected chi connectivity index (χ1v) is 8.25. The Labute approximate surface area is 129 Å². The van der Waals surface area contributed by atoms with E-state index >= 15 is 0 Å². The van der Waals surface area contributed by atoms with Crippen LogP contribution in [-0.4, -0.2) is 53.1 Å². The molecule has 0 aliphatic carbocycles. The van der Waals surface area contributed by atoms with Crippen LogP contribution in [0.15, 0.2) is 30.3 Å². The van der Waals surface area contributed by atoms with Gasteiger partial charge >= 0.3 is 12.0 Å². The van der Waals surface area contributed by atoms with Crippen LogP contribution in [0.1, 0.15) is 12.5 Å². The number of nitrogens with one attached hydrogen (secondary N) is 1. The molecule has 0 saturated carbocycles. The van der Waals surface area contributed by atoms with Gasteiger partial charge in [0.2, 0.25) is 0 Å². The first kappa shape index (κ1) is 17.4. The monoisotopic (exact) mass is 310 g/mol. The van der Waals surface area contributed by atoms with Crippen molar-refractivity contribution < 1.29 is 14.7 Å². The molecule has 0 bridgehead atoms. The molecular formula is C15H22N2O3S. The summed E-state index contributed by atoms with van der Waals surface area (Å²) < 4.78 is 0. The quantitative estimate of drug-likeness (QED) is 0.771. The Morgan fingerprint density at radius 3 is 2.52 bits per heavy atom. The molecule has 2 amide bonds. The summed E-state index contributed by atoms with van der Waals surface area (Å²) in [5.41, 5.74) is 1.16. The smallest absolute Gasteiger partial charge is 0.325 e. The van der Waals surface area contributed by atoms with Crippen molar-refractivity contribution in [2.45, 2.75) is 19.4 Å². The van der Waals surface area contributed by atoms with Crippen LogP contribution in [0.3, 0.4) is 0 Å². The van der Waals surface area contributed by atoms with E-state index in [-0.39, 0.29) is 6.03 Å². The Bertz CT molecular complexity index is 453. The van der Waals surface area contributed by atoms with E-state index in [0.717, 1.165) is 17.7 Å². The summed E-state index contributed by atoms with van der Waals surface area (Å²) in [6, 6.07) is 8.72. The fourth-order valence-electron chi connectivity index (χ4n) is 1.76. The highest BCUT2D eigenvalue weighted by Crippen LogP contribution is 2.04. The lowest BCUT2D eigenvalue weighted by atomic mass is 10.1. The summed E-state index contributed by atoms with van der Waals surface area (Å²) >= 11 is 1.66. The number of carbonyl (C=O) groups excluding carboxylic acids is 1. The molecule has 5 nitrogen and oxygen atoms in total. The molecule has 116 valence electrons. The van der Waals surface area contributed by atoms with Crippen LogP contribution in [0, 0.1) is 0 Å². The standard InChI is InChI=1S/C15H22N2O3S/c1-12(14(18)19)16-15(20)17(10-11-21-2)9-8-13-6-4-3-5-7-13/h3-7,12H,8-11H2,1-2H3,(H,16,20)(H,18,19)/t12-/m0/s1. The first-order chi connectivity index (χ1) is 10.0. The van der Waals surface area contributed by atoms with Crippen LogP contribution in [0.25, 0.3) is 0 Å². The highest BCUT2D eigenvalue weighted by Gasteiger charge is 2.18. The van der Waals surface area contributed by atoms with Crippen molar-refractivity contribution in [2.24, 2.45) is 0 Å². The Morgan fingerprint density at radius 1 is 1.29 bits per heavy atom. The van der Waals surface area contributed by atoms with Crippen molar-refractivity contribution in [3.8, 4) is 0 Å². The number of carboxylic acids is 1. The van der Waals surface area contributed by atoms with E-state index in [2.05, 4.69) is 5.32 Å². The van der Waals surface area contributed by atoms with Crippen LogP contribution in [0.5, 0.6) is 0 Å². The Hall–Kier alpha value is -1.69. The van der Waals surface area contributed by atoms with Gasteiger partial charge in [-0.05, 0) is 25.2 Å². The number of nitrogens with zero attached hydrogens (tertiary/aromatic N) is 1. The van der Waals surface area contributed by atoms with Crippen molar-refractivity contribution in [1.29, 1.82) is 0 Å². The van der Waals surface area contributed by atoms with Gasteiger partial charge in [0, 0.05) is 18.8 Å². The van der Waals surface area contributed by atoms with E-state index in [9.17, 15) is 9.59 Å². The molecule has 0 aromatic heterocycles. The highest BCUT2D eigenvalue weighted by atomic mass is 32.2. The van der Waals surface area contributed by atoms with Gasteiger partial charge in [0.15, 0.2) is 0 Å². The van der Waals surface area contributed by atoms with Crippen molar-refractivity contribution in [2.75, 3.05) is 25.1 Å². The van der Waals surface area contributed by atoms with Gasteiger partial charge < -0.3 is 15.3 Å². The Kier molecular flexibility index (Phi) is 7.68. The minimum atomic E-state index is -1.03. The number of urea groups is 1. The fourth-order valence-corrected chi connectivity index (χ4v) is 2.17. The average molecular weight is 310 g/mol. The van der Waals surface area contributed by atoms with E-state index in [1.54, 1.807) is 16.7 Å². The predicted molar refractivity (Wildman–Crippen MR) is 85.7 cm³/mol. The molecule has 0 unspecified atom stereocenters. The maximum Gasteiger partial charge on any atom is 0.325 e. The highest BCUT2D eigenvalue weighted by molar-refractivity contribution is 7.98. The number of carbonyl (C=O) groups is 2. The van der Waals surface area contributed by atoms with Crippen LogP contribution in [-0.2, 0) is 11.2 Å². The minimum absolute atomic E-state index is 0.324. The van der Waals surface area contributed by atoms with Crippen molar-refractivity contribution in [3.63, 3.8) is 0 Å². The minimum Gasteiger partial charge on any atom is -0.480 e. The molecule has 21 heavy (non-hydrogen) atoms. The van der Waals surface area contributed by atoms with Crippen LogP contribution >= 0.6 is 11.8 Å².